The molecular weight excluding hydrogens is 424 g/mol. The number of hydrogen-bond donors (Lipinski definition) is 2. The number of aromatic nitrogens is 2. The third-order valence-corrected chi connectivity index (χ3v) is 6.45. The van der Waals surface area contributed by atoms with Gasteiger partial charge in [0.2, 0.25) is 5.91 Å². The minimum atomic E-state index is -0.308. The summed E-state index contributed by atoms with van der Waals surface area (Å²) < 4.78 is 5.40. The Balaban J connectivity index is 1.51. The van der Waals surface area contributed by atoms with Gasteiger partial charge in [-0.2, -0.15) is 0 Å². The van der Waals surface area contributed by atoms with Gasteiger partial charge in [0.05, 0.1) is 23.4 Å². The second-order valence-electron chi connectivity index (χ2n) is 7.85. The average molecular weight is 449 g/mol. The van der Waals surface area contributed by atoms with Gasteiger partial charge in [-0.1, -0.05) is 17.7 Å². The van der Waals surface area contributed by atoms with E-state index in [1.807, 2.05) is 46.8 Å². The maximum atomic E-state index is 12.8. The van der Waals surface area contributed by atoms with Crippen LogP contribution in [0.4, 0.5) is 5.69 Å². The van der Waals surface area contributed by atoms with Crippen molar-refractivity contribution in [3.63, 3.8) is 0 Å². The first-order valence-electron chi connectivity index (χ1n) is 10.2. The van der Waals surface area contributed by atoms with E-state index in [1.54, 1.807) is 18.4 Å². The van der Waals surface area contributed by atoms with E-state index >= 15 is 0 Å². The molecule has 0 unspecified atom stereocenters. The van der Waals surface area contributed by atoms with Crippen molar-refractivity contribution in [1.29, 1.82) is 0 Å². The minimum Gasteiger partial charge on any atom is -0.461 e. The molecule has 0 aliphatic rings. The number of hydrogen-bond acceptors (Lipinski definition) is 6. The molecule has 0 saturated heterocycles. The lowest BCUT2D eigenvalue weighted by Gasteiger charge is -2.13. The summed E-state index contributed by atoms with van der Waals surface area (Å²) in [5.41, 5.74) is 5.48. The van der Waals surface area contributed by atoms with E-state index in [9.17, 15) is 9.59 Å². The van der Waals surface area contributed by atoms with Crippen LogP contribution in [0.1, 0.15) is 37.6 Å². The molecule has 2 amide bonds. The quantitative estimate of drug-likeness (QED) is 0.454. The number of carbonyl (C=O) groups excluding carboxylic acids is 2. The van der Waals surface area contributed by atoms with Gasteiger partial charge in [0, 0.05) is 11.1 Å². The largest absolute Gasteiger partial charge is 0.461 e. The molecule has 0 aliphatic heterocycles. The molecule has 4 rings (SSSR count). The molecule has 0 bridgehead atoms. The Morgan fingerprint density at radius 1 is 1.06 bits per heavy atom. The van der Waals surface area contributed by atoms with Gasteiger partial charge >= 0.3 is 0 Å². The highest BCUT2D eigenvalue weighted by Gasteiger charge is 2.20. The van der Waals surface area contributed by atoms with Crippen LogP contribution in [0.3, 0.4) is 0 Å². The van der Waals surface area contributed by atoms with Crippen molar-refractivity contribution >= 4 is 39.1 Å². The number of thiophene rings is 1. The normalized spacial score (nSPS) is 11.0. The first-order valence-corrected chi connectivity index (χ1v) is 11.0. The number of nitrogens with zero attached hydrogens (tertiary/aromatic N) is 2. The molecule has 32 heavy (non-hydrogen) atoms. The molecule has 0 radical (unpaired) electrons. The van der Waals surface area contributed by atoms with Crippen molar-refractivity contribution in [1.82, 2.24) is 15.3 Å². The third-order valence-electron chi connectivity index (χ3n) is 5.27. The Labute approximate surface area is 189 Å². The highest BCUT2D eigenvalue weighted by atomic mass is 32.1. The number of fused-ring (bicyclic) bond motifs is 1. The lowest BCUT2D eigenvalue weighted by atomic mass is 10.1. The zero-order chi connectivity index (χ0) is 23.0. The fourth-order valence-electron chi connectivity index (χ4n) is 3.87. The van der Waals surface area contributed by atoms with Crippen LogP contribution >= 0.6 is 11.3 Å². The van der Waals surface area contributed by atoms with Gasteiger partial charge in [-0.15, -0.1) is 11.3 Å². The van der Waals surface area contributed by atoms with Crippen LogP contribution in [-0.4, -0.2) is 28.3 Å². The lowest BCUT2D eigenvalue weighted by Crippen LogP contribution is -2.33. The summed E-state index contributed by atoms with van der Waals surface area (Å²) in [5.74, 6) is 0.474. The SMILES string of the molecule is Cc1cc(C)c(NC(=O)CNC(=O)c2sc3nc(-c4ccco4)nc(C)c3c2C)c(C)c1. The predicted octanol–water partition coefficient (Wildman–Crippen LogP) is 4.86. The molecule has 3 aromatic heterocycles. The molecule has 1 aromatic carbocycles. The maximum absolute atomic E-state index is 12.8. The fourth-order valence-corrected chi connectivity index (χ4v) is 5.02. The highest BCUT2D eigenvalue weighted by molar-refractivity contribution is 7.20. The molecule has 0 atom stereocenters. The van der Waals surface area contributed by atoms with Crippen LogP contribution in [0.2, 0.25) is 0 Å². The Morgan fingerprint density at radius 3 is 2.44 bits per heavy atom. The summed E-state index contributed by atoms with van der Waals surface area (Å²) >= 11 is 1.28. The van der Waals surface area contributed by atoms with Gasteiger partial charge in [-0.25, -0.2) is 9.97 Å². The molecule has 164 valence electrons. The number of carbonyl (C=O) groups is 2. The van der Waals surface area contributed by atoms with Crippen molar-refractivity contribution in [2.24, 2.45) is 0 Å². The van der Waals surface area contributed by atoms with Gasteiger partial charge in [-0.3, -0.25) is 9.59 Å². The summed E-state index contributed by atoms with van der Waals surface area (Å²) in [6, 6.07) is 7.61. The van der Waals surface area contributed by atoms with Crippen LogP contribution < -0.4 is 10.6 Å². The number of rotatable bonds is 5. The third kappa shape index (κ3) is 4.13. The van der Waals surface area contributed by atoms with Gasteiger partial charge in [0.25, 0.3) is 5.91 Å². The van der Waals surface area contributed by atoms with Crippen LogP contribution in [0.15, 0.2) is 34.9 Å². The van der Waals surface area contributed by atoms with E-state index in [0.717, 1.165) is 39.0 Å². The molecule has 3 heterocycles. The van der Waals surface area contributed by atoms with E-state index in [4.69, 9.17) is 4.42 Å². The van der Waals surface area contributed by atoms with E-state index < -0.39 is 0 Å². The molecule has 0 aliphatic carbocycles. The van der Waals surface area contributed by atoms with Crippen molar-refractivity contribution in [3.8, 4) is 11.6 Å². The summed E-state index contributed by atoms with van der Waals surface area (Å²) in [6.45, 7) is 9.56. The molecular formula is C24H24N4O3S. The summed E-state index contributed by atoms with van der Waals surface area (Å²) in [6.07, 6.45) is 1.57. The van der Waals surface area contributed by atoms with Gasteiger partial charge in [0.15, 0.2) is 11.6 Å². The molecule has 8 heteroatoms. The zero-order valence-electron chi connectivity index (χ0n) is 18.6. The standard InChI is InChI=1S/C24H24N4O3S/c1-12-9-13(2)20(14(3)10-12)27-18(29)11-25-23(30)21-15(4)19-16(5)26-22(28-24(19)32-21)17-7-6-8-31-17/h6-10H,11H2,1-5H3,(H,25,30)(H,27,29). The summed E-state index contributed by atoms with van der Waals surface area (Å²) in [7, 11) is 0. The number of amides is 2. The number of benzene rings is 1. The second-order valence-corrected chi connectivity index (χ2v) is 8.85. The van der Waals surface area contributed by atoms with Gasteiger partial charge in [0.1, 0.15) is 4.83 Å². The van der Waals surface area contributed by atoms with Gasteiger partial charge < -0.3 is 15.1 Å². The number of aryl methyl sites for hydroxylation is 5. The van der Waals surface area contributed by atoms with Crippen LogP contribution in [0.25, 0.3) is 21.8 Å². The smallest absolute Gasteiger partial charge is 0.262 e. The molecule has 0 fully saturated rings. The van der Waals surface area contributed by atoms with E-state index in [0.29, 0.717) is 21.3 Å². The topological polar surface area (TPSA) is 97.1 Å². The highest BCUT2D eigenvalue weighted by Crippen LogP contribution is 2.33. The van der Waals surface area contributed by atoms with Crippen LogP contribution in [0, 0.1) is 34.6 Å². The number of nitrogens with one attached hydrogen (secondary N) is 2. The molecule has 4 aromatic rings. The summed E-state index contributed by atoms with van der Waals surface area (Å²) in [4.78, 5) is 35.6. The van der Waals surface area contributed by atoms with Crippen LogP contribution in [0.5, 0.6) is 0 Å². The fraction of sp³-hybridized carbons (Fsp3) is 0.250. The predicted molar refractivity (Wildman–Crippen MR) is 126 cm³/mol. The number of furan rings is 1. The lowest BCUT2D eigenvalue weighted by molar-refractivity contribution is -0.115. The average Bonchev–Trinajstić information content (AvgIpc) is 3.37. The molecule has 0 spiro atoms. The van der Waals surface area contributed by atoms with Crippen LogP contribution in [-0.2, 0) is 4.79 Å². The number of anilines is 1. The first-order chi connectivity index (χ1) is 15.2. The van der Waals surface area contributed by atoms with Crippen molar-refractivity contribution < 1.29 is 14.0 Å². The van der Waals surface area contributed by atoms with Gasteiger partial charge in [-0.05, 0) is 63.4 Å². The Morgan fingerprint density at radius 2 is 1.78 bits per heavy atom. The van der Waals surface area contributed by atoms with E-state index in [1.165, 1.54) is 11.3 Å². The van der Waals surface area contributed by atoms with Crippen molar-refractivity contribution in [3.05, 3.63) is 63.4 Å². The van der Waals surface area contributed by atoms with E-state index in [2.05, 4.69) is 20.6 Å². The first kappa shape index (κ1) is 21.7. The maximum Gasteiger partial charge on any atom is 0.262 e. The molecule has 0 saturated carbocycles. The molecule has 7 nitrogen and oxygen atoms in total. The van der Waals surface area contributed by atoms with Crippen molar-refractivity contribution in [2.75, 3.05) is 11.9 Å². The Bertz CT molecular complexity index is 1320. The Hall–Kier alpha value is -3.52. The zero-order valence-corrected chi connectivity index (χ0v) is 19.4. The summed E-state index contributed by atoms with van der Waals surface area (Å²) in [5, 5.41) is 6.48. The minimum absolute atomic E-state index is 0.123. The molecule has 2 N–H and O–H groups in total. The second kappa shape index (κ2) is 8.55. The van der Waals surface area contributed by atoms with Crippen molar-refractivity contribution in [2.45, 2.75) is 34.6 Å². The Kier molecular flexibility index (Phi) is 5.80. The monoisotopic (exact) mass is 448 g/mol. The van der Waals surface area contributed by atoms with E-state index in [-0.39, 0.29) is 18.4 Å².